The normalized spacial score (nSPS) is 11.7. The van der Waals surface area contributed by atoms with Gasteiger partial charge in [-0.05, 0) is 20.8 Å². The second-order valence-electron chi connectivity index (χ2n) is 3.32. The van der Waals surface area contributed by atoms with Crippen LogP contribution in [0.2, 0.25) is 0 Å². The van der Waals surface area contributed by atoms with E-state index in [-0.39, 0.29) is 18.5 Å². The van der Waals surface area contributed by atoms with Crippen molar-refractivity contribution in [2.24, 2.45) is 0 Å². The molecular weight excluding hydrogens is 208 g/mol. The monoisotopic (exact) mass is 228 g/mol. The molecule has 0 rings (SSSR count). The van der Waals surface area contributed by atoms with Gasteiger partial charge in [0, 0.05) is 18.7 Å². The number of rotatable bonds is 7. The largest absolute Gasteiger partial charge is 0.463 e. The van der Waals surface area contributed by atoms with Gasteiger partial charge in [-0.3, -0.25) is 4.79 Å². The van der Waals surface area contributed by atoms with Crippen molar-refractivity contribution in [2.45, 2.75) is 26.8 Å². The molecule has 0 fully saturated rings. The van der Waals surface area contributed by atoms with E-state index in [0.29, 0.717) is 18.7 Å². The molecule has 0 aliphatic rings. The Hall–Kier alpha value is -1.36. The Bertz CT molecular complexity index is 264. The maximum atomic E-state index is 11.3. The third-order valence-corrected chi connectivity index (χ3v) is 1.93. The summed E-state index contributed by atoms with van der Waals surface area (Å²) in [6, 6.07) is -0.355. The highest BCUT2D eigenvalue weighted by Crippen LogP contribution is 1.94. The van der Waals surface area contributed by atoms with Gasteiger partial charge in [-0.25, -0.2) is 4.79 Å². The second-order valence-corrected chi connectivity index (χ2v) is 3.32. The molecule has 0 aliphatic carbocycles. The summed E-state index contributed by atoms with van der Waals surface area (Å²) in [5, 5.41) is 5.57. The van der Waals surface area contributed by atoms with Crippen LogP contribution in [0.25, 0.3) is 0 Å². The minimum absolute atomic E-state index is 0.0980. The molecule has 0 heterocycles. The molecular formula is C11H20N2O3. The number of hydrogen-bond acceptors (Lipinski definition) is 4. The molecule has 0 aromatic heterocycles. The van der Waals surface area contributed by atoms with Crippen molar-refractivity contribution in [2.75, 3.05) is 19.7 Å². The fourth-order valence-electron chi connectivity index (χ4n) is 1.00. The summed E-state index contributed by atoms with van der Waals surface area (Å²) in [5.41, 5.74) is 0.318. The second kappa shape index (κ2) is 7.87. The Balaban J connectivity index is 3.91. The van der Waals surface area contributed by atoms with Crippen molar-refractivity contribution >= 4 is 11.9 Å². The zero-order valence-corrected chi connectivity index (χ0v) is 10.1. The third kappa shape index (κ3) is 5.50. The molecule has 5 heteroatoms. The lowest BCUT2D eigenvalue weighted by Crippen LogP contribution is -2.43. The van der Waals surface area contributed by atoms with Gasteiger partial charge in [-0.2, -0.15) is 0 Å². The number of amides is 1. The molecule has 0 saturated heterocycles. The molecule has 0 radical (unpaired) electrons. The van der Waals surface area contributed by atoms with Gasteiger partial charge in [0.15, 0.2) is 0 Å². The van der Waals surface area contributed by atoms with Gasteiger partial charge in [0.05, 0.1) is 12.6 Å². The number of carbonyl (C=O) groups is 2. The van der Waals surface area contributed by atoms with E-state index in [1.807, 2.05) is 6.92 Å². The first-order valence-electron chi connectivity index (χ1n) is 5.38. The summed E-state index contributed by atoms with van der Waals surface area (Å²) in [6.07, 6.45) is 0. The Labute approximate surface area is 96.2 Å². The lowest BCUT2D eigenvalue weighted by molar-refractivity contribution is -0.138. The summed E-state index contributed by atoms with van der Waals surface area (Å²) < 4.78 is 4.76. The van der Waals surface area contributed by atoms with E-state index in [4.69, 9.17) is 4.74 Å². The number of esters is 1. The fraction of sp³-hybridized carbons (Fsp3) is 0.636. The molecule has 0 aromatic rings. The first-order valence-corrected chi connectivity index (χ1v) is 5.38. The van der Waals surface area contributed by atoms with Crippen LogP contribution in [0.15, 0.2) is 12.2 Å². The standard InChI is InChI=1S/C11H20N2O3/c1-5-12-10(14)9(4)13-7-8(3)11(15)16-6-2/h9,13H,3,5-7H2,1-2,4H3,(H,12,14). The van der Waals surface area contributed by atoms with E-state index >= 15 is 0 Å². The SMILES string of the molecule is C=C(CNC(C)C(=O)NCC)C(=O)OCC. The van der Waals surface area contributed by atoms with Crippen molar-refractivity contribution in [3.05, 3.63) is 12.2 Å². The predicted molar refractivity (Wildman–Crippen MR) is 61.9 cm³/mol. The number of likely N-dealkylation sites (N-methyl/N-ethyl adjacent to an activating group) is 1. The predicted octanol–water partition coefficient (Wildman–Crippen LogP) is 0.220. The zero-order chi connectivity index (χ0) is 12.6. The quantitative estimate of drug-likeness (QED) is 0.483. The van der Waals surface area contributed by atoms with Gasteiger partial charge in [0.2, 0.25) is 5.91 Å². The van der Waals surface area contributed by atoms with E-state index in [9.17, 15) is 9.59 Å². The van der Waals surface area contributed by atoms with Crippen LogP contribution in [0.5, 0.6) is 0 Å². The van der Waals surface area contributed by atoms with Gasteiger partial charge in [-0.15, -0.1) is 0 Å². The Morgan fingerprint density at radius 3 is 2.50 bits per heavy atom. The van der Waals surface area contributed by atoms with Crippen LogP contribution in [0.1, 0.15) is 20.8 Å². The summed E-state index contributed by atoms with van der Waals surface area (Å²) in [7, 11) is 0. The minimum Gasteiger partial charge on any atom is -0.463 e. The van der Waals surface area contributed by atoms with E-state index in [2.05, 4.69) is 17.2 Å². The highest BCUT2D eigenvalue weighted by atomic mass is 16.5. The van der Waals surface area contributed by atoms with E-state index < -0.39 is 5.97 Å². The average molecular weight is 228 g/mol. The minimum atomic E-state index is -0.432. The number of hydrogen-bond donors (Lipinski definition) is 2. The summed E-state index contributed by atoms with van der Waals surface area (Å²) in [4.78, 5) is 22.5. The van der Waals surface area contributed by atoms with Gasteiger partial charge in [0.1, 0.15) is 0 Å². The zero-order valence-electron chi connectivity index (χ0n) is 10.1. The van der Waals surface area contributed by atoms with Crippen molar-refractivity contribution in [1.82, 2.24) is 10.6 Å². The first-order chi connectivity index (χ1) is 7.52. The van der Waals surface area contributed by atoms with Gasteiger partial charge in [-0.1, -0.05) is 6.58 Å². The Morgan fingerprint density at radius 2 is 2.00 bits per heavy atom. The fourth-order valence-corrected chi connectivity index (χ4v) is 1.00. The smallest absolute Gasteiger partial charge is 0.334 e. The molecule has 2 N–H and O–H groups in total. The third-order valence-electron chi connectivity index (χ3n) is 1.93. The van der Waals surface area contributed by atoms with Crippen molar-refractivity contribution in [3.63, 3.8) is 0 Å². The van der Waals surface area contributed by atoms with Crippen molar-refractivity contribution < 1.29 is 14.3 Å². The van der Waals surface area contributed by atoms with Crippen LogP contribution in [0, 0.1) is 0 Å². The molecule has 16 heavy (non-hydrogen) atoms. The highest BCUT2D eigenvalue weighted by molar-refractivity contribution is 5.88. The molecule has 1 atom stereocenters. The number of carbonyl (C=O) groups excluding carboxylic acids is 2. The molecule has 92 valence electrons. The topological polar surface area (TPSA) is 67.4 Å². The number of ether oxygens (including phenoxy) is 1. The molecule has 1 amide bonds. The van der Waals surface area contributed by atoms with Gasteiger partial charge < -0.3 is 15.4 Å². The highest BCUT2D eigenvalue weighted by Gasteiger charge is 2.13. The lowest BCUT2D eigenvalue weighted by Gasteiger charge is -2.13. The molecule has 0 aromatic carbocycles. The summed E-state index contributed by atoms with van der Waals surface area (Å²) >= 11 is 0. The Morgan fingerprint density at radius 1 is 1.38 bits per heavy atom. The molecule has 1 unspecified atom stereocenters. The summed E-state index contributed by atoms with van der Waals surface area (Å²) in [6.45, 7) is 10.0. The maximum Gasteiger partial charge on any atom is 0.334 e. The number of nitrogens with one attached hydrogen (secondary N) is 2. The van der Waals surface area contributed by atoms with E-state index in [1.54, 1.807) is 13.8 Å². The van der Waals surface area contributed by atoms with Crippen LogP contribution in [-0.2, 0) is 14.3 Å². The van der Waals surface area contributed by atoms with Crippen LogP contribution in [-0.4, -0.2) is 37.6 Å². The molecule has 0 spiro atoms. The Kier molecular flexibility index (Phi) is 7.20. The average Bonchev–Trinajstić information content (AvgIpc) is 2.25. The molecule has 5 nitrogen and oxygen atoms in total. The van der Waals surface area contributed by atoms with Crippen LogP contribution in [0.4, 0.5) is 0 Å². The summed E-state index contributed by atoms with van der Waals surface area (Å²) in [5.74, 6) is -0.530. The van der Waals surface area contributed by atoms with E-state index in [1.165, 1.54) is 0 Å². The molecule has 0 saturated carbocycles. The van der Waals surface area contributed by atoms with Crippen LogP contribution >= 0.6 is 0 Å². The van der Waals surface area contributed by atoms with Crippen LogP contribution in [0.3, 0.4) is 0 Å². The van der Waals surface area contributed by atoms with Crippen molar-refractivity contribution in [3.8, 4) is 0 Å². The van der Waals surface area contributed by atoms with Crippen molar-refractivity contribution in [1.29, 1.82) is 0 Å². The maximum absolute atomic E-state index is 11.3. The van der Waals surface area contributed by atoms with Gasteiger partial charge in [0.25, 0.3) is 0 Å². The van der Waals surface area contributed by atoms with Crippen LogP contribution < -0.4 is 10.6 Å². The van der Waals surface area contributed by atoms with E-state index in [0.717, 1.165) is 0 Å². The van der Waals surface area contributed by atoms with Gasteiger partial charge >= 0.3 is 5.97 Å². The molecule has 0 bridgehead atoms. The first kappa shape index (κ1) is 14.6. The lowest BCUT2D eigenvalue weighted by atomic mass is 10.2. The molecule has 0 aliphatic heterocycles.